The first-order chi connectivity index (χ1) is 7.09. The first kappa shape index (κ1) is 11.5. The predicted octanol–water partition coefficient (Wildman–Crippen LogP) is 1.43. The standard InChI is InChI=1S/C11H16N2O2/c1-8-5-3-4-6-10(8)15-11(14)13-7-9(2)12/h3-6,9H,7,12H2,1-2H3,(H,13,14). The number of aryl methyl sites for hydroxylation is 1. The second-order valence-electron chi connectivity index (χ2n) is 3.51. The SMILES string of the molecule is Cc1ccccc1OC(=O)NCC(C)N. The van der Waals surface area contributed by atoms with Crippen LogP contribution in [0.5, 0.6) is 5.75 Å². The molecule has 0 aromatic heterocycles. The summed E-state index contributed by atoms with van der Waals surface area (Å²) in [6.45, 7) is 4.10. The molecule has 0 radical (unpaired) electrons. The lowest BCUT2D eigenvalue weighted by Crippen LogP contribution is -2.36. The number of nitrogens with one attached hydrogen (secondary N) is 1. The van der Waals surface area contributed by atoms with Crippen molar-refractivity contribution in [1.82, 2.24) is 5.32 Å². The Morgan fingerprint density at radius 1 is 1.53 bits per heavy atom. The molecule has 0 aliphatic heterocycles. The van der Waals surface area contributed by atoms with Crippen LogP contribution in [0.3, 0.4) is 0 Å². The van der Waals surface area contributed by atoms with Gasteiger partial charge in [0.1, 0.15) is 5.75 Å². The van der Waals surface area contributed by atoms with Crippen LogP contribution < -0.4 is 15.8 Å². The molecule has 0 heterocycles. The van der Waals surface area contributed by atoms with Crippen molar-refractivity contribution in [1.29, 1.82) is 0 Å². The van der Waals surface area contributed by atoms with Gasteiger partial charge in [0.05, 0.1) is 0 Å². The Morgan fingerprint density at radius 2 is 2.20 bits per heavy atom. The summed E-state index contributed by atoms with van der Waals surface area (Å²) in [7, 11) is 0. The molecule has 0 fully saturated rings. The number of carbonyl (C=O) groups is 1. The summed E-state index contributed by atoms with van der Waals surface area (Å²) >= 11 is 0. The number of rotatable bonds is 3. The fourth-order valence-corrected chi connectivity index (χ4v) is 1.05. The molecule has 4 heteroatoms. The van der Waals surface area contributed by atoms with Crippen LogP contribution >= 0.6 is 0 Å². The molecule has 0 aliphatic rings. The maximum Gasteiger partial charge on any atom is 0.412 e. The van der Waals surface area contributed by atoms with E-state index >= 15 is 0 Å². The maximum absolute atomic E-state index is 11.3. The van der Waals surface area contributed by atoms with Crippen LogP contribution in [-0.4, -0.2) is 18.7 Å². The highest BCUT2D eigenvalue weighted by molar-refractivity contribution is 5.70. The summed E-state index contributed by atoms with van der Waals surface area (Å²) in [6.07, 6.45) is -0.471. The Hall–Kier alpha value is -1.55. The van der Waals surface area contributed by atoms with E-state index in [1.165, 1.54) is 0 Å². The molecule has 1 aromatic carbocycles. The molecule has 0 bridgehead atoms. The van der Waals surface area contributed by atoms with Gasteiger partial charge in [0, 0.05) is 12.6 Å². The highest BCUT2D eigenvalue weighted by Gasteiger charge is 2.06. The molecule has 0 aliphatic carbocycles. The fraction of sp³-hybridized carbons (Fsp3) is 0.364. The van der Waals surface area contributed by atoms with E-state index in [4.69, 9.17) is 10.5 Å². The number of hydrogen-bond acceptors (Lipinski definition) is 3. The molecule has 1 atom stereocenters. The van der Waals surface area contributed by atoms with Crippen molar-refractivity contribution >= 4 is 6.09 Å². The summed E-state index contributed by atoms with van der Waals surface area (Å²) < 4.78 is 5.09. The molecule has 1 unspecified atom stereocenters. The predicted molar refractivity (Wildman–Crippen MR) is 58.9 cm³/mol. The van der Waals surface area contributed by atoms with Crippen LogP contribution in [0, 0.1) is 6.92 Å². The summed E-state index contributed by atoms with van der Waals surface area (Å²) in [5, 5.41) is 2.57. The van der Waals surface area contributed by atoms with E-state index in [1.807, 2.05) is 32.0 Å². The Balaban J connectivity index is 2.48. The first-order valence-corrected chi connectivity index (χ1v) is 4.86. The van der Waals surface area contributed by atoms with Crippen molar-refractivity contribution < 1.29 is 9.53 Å². The van der Waals surface area contributed by atoms with E-state index in [0.717, 1.165) is 5.56 Å². The number of hydrogen-bond donors (Lipinski definition) is 2. The molecule has 82 valence electrons. The molecular formula is C11H16N2O2. The quantitative estimate of drug-likeness (QED) is 0.789. The van der Waals surface area contributed by atoms with Gasteiger partial charge in [0.25, 0.3) is 0 Å². The van der Waals surface area contributed by atoms with Crippen LogP contribution in [0.15, 0.2) is 24.3 Å². The molecule has 0 saturated carbocycles. The van der Waals surface area contributed by atoms with Gasteiger partial charge in [-0.25, -0.2) is 4.79 Å². The van der Waals surface area contributed by atoms with E-state index in [-0.39, 0.29) is 6.04 Å². The minimum atomic E-state index is -0.471. The zero-order chi connectivity index (χ0) is 11.3. The minimum absolute atomic E-state index is 0.0746. The van der Waals surface area contributed by atoms with Crippen molar-refractivity contribution in [2.75, 3.05) is 6.54 Å². The van der Waals surface area contributed by atoms with Crippen LogP contribution in [0.2, 0.25) is 0 Å². The lowest BCUT2D eigenvalue weighted by molar-refractivity contribution is 0.199. The van der Waals surface area contributed by atoms with Crippen LogP contribution in [0.25, 0.3) is 0 Å². The van der Waals surface area contributed by atoms with Crippen molar-refractivity contribution in [2.24, 2.45) is 5.73 Å². The topological polar surface area (TPSA) is 64.3 Å². The highest BCUT2D eigenvalue weighted by Crippen LogP contribution is 2.15. The van der Waals surface area contributed by atoms with Gasteiger partial charge >= 0.3 is 6.09 Å². The molecule has 1 aromatic rings. The lowest BCUT2D eigenvalue weighted by atomic mass is 10.2. The van der Waals surface area contributed by atoms with Gasteiger partial charge in [-0.05, 0) is 25.5 Å². The number of benzene rings is 1. The molecule has 15 heavy (non-hydrogen) atoms. The van der Waals surface area contributed by atoms with Gasteiger partial charge in [-0.15, -0.1) is 0 Å². The van der Waals surface area contributed by atoms with Gasteiger partial charge in [-0.2, -0.15) is 0 Å². The van der Waals surface area contributed by atoms with Crippen LogP contribution in [0.4, 0.5) is 4.79 Å². The lowest BCUT2D eigenvalue weighted by Gasteiger charge is -2.09. The third kappa shape index (κ3) is 3.99. The molecule has 1 amide bonds. The zero-order valence-electron chi connectivity index (χ0n) is 8.99. The largest absolute Gasteiger partial charge is 0.412 e. The molecule has 3 N–H and O–H groups in total. The van der Waals surface area contributed by atoms with E-state index in [9.17, 15) is 4.79 Å². The van der Waals surface area contributed by atoms with Crippen molar-refractivity contribution in [2.45, 2.75) is 19.9 Å². The van der Waals surface area contributed by atoms with Gasteiger partial charge in [0.2, 0.25) is 0 Å². The number of nitrogens with two attached hydrogens (primary N) is 1. The smallest absolute Gasteiger partial charge is 0.410 e. The molecule has 0 saturated heterocycles. The monoisotopic (exact) mass is 208 g/mol. The van der Waals surface area contributed by atoms with E-state index in [1.54, 1.807) is 6.07 Å². The zero-order valence-corrected chi connectivity index (χ0v) is 8.99. The fourth-order valence-electron chi connectivity index (χ4n) is 1.05. The number of ether oxygens (including phenoxy) is 1. The number of para-hydroxylation sites is 1. The van der Waals surface area contributed by atoms with Gasteiger partial charge < -0.3 is 15.8 Å². The van der Waals surface area contributed by atoms with Crippen molar-refractivity contribution in [3.05, 3.63) is 29.8 Å². The number of carbonyl (C=O) groups excluding carboxylic acids is 1. The van der Waals surface area contributed by atoms with Crippen molar-refractivity contribution in [3.8, 4) is 5.75 Å². The third-order valence-electron chi connectivity index (χ3n) is 1.86. The summed E-state index contributed by atoms with van der Waals surface area (Å²) in [4.78, 5) is 11.3. The summed E-state index contributed by atoms with van der Waals surface area (Å²) in [5.74, 6) is 0.569. The Kier molecular flexibility index (Phi) is 4.12. The van der Waals surface area contributed by atoms with Gasteiger partial charge in [-0.1, -0.05) is 18.2 Å². The highest BCUT2D eigenvalue weighted by atomic mass is 16.6. The average Bonchev–Trinajstić information content (AvgIpc) is 2.18. The number of amides is 1. The molecule has 1 rings (SSSR count). The molecule has 0 spiro atoms. The second kappa shape index (κ2) is 5.36. The van der Waals surface area contributed by atoms with E-state index < -0.39 is 6.09 Å². The summed E-state index contributed by atoms with van der Waals surface area (Å²) in [5.41, 5.74) is 6.42. The molecular weight excluding hydrogens is 192 g/mol. The van der Waals surface area contributed by atoms with Gasteiger partial charge in [-0.3, -0.25) is 0 Å². The third-order valence-corrected chi connectivity index (χ3v) is 1.86. The average molecular weight is 208 g/mol. The Morgan fingerprint density at radius 3 is 2.80 bits per heavy atom. The van der Waals surface area contributed by atoms with Crippen molar-refractivity contribution in [3.63, 3.8) is 0 Å². The van der Waals surface area contributed by atoms with Crippen LogP contribution in [-0.2, 0) is 0 Å². The van der Waals surface area contributed by atoms with Gasteiger partial charge in [0.15, 0.2) is 0 Å². The minimum Gasteiger partial charge on any atom is -0.410 e. The molecule has 4 nitrogen and oxygen atoms in total. The second-order valence-corrected chi connectivity index (χ2v) is 3.51. The maximum atomic E-state index is 11.3. The summed E-state index contributed by atoms with van der Waals surface area (Å²) in [6, 6.07) is 7.27. The van der Waals surface area contributed by atoms with E-state index in [0.29, 0.717) is 12.3 Å². The normalized spacial score (nSPS) is 11.9. The Labute approximate surface area is 89.4 Å². The van der Waals surface area contributed by atoms with E-state index in [2.05, 4.69) is 5.32 Å². The van der Waals surface area contributed by atoms with Crippen LogP contribution in [0.1, 0.15) is 12.5 Å². The Bertz CT molecular complexity index is 337. The first-order valence-electron chi connectivity index (χ1n) is 4.86.